The standard InChI is InChI=1S/C23H23N3O4S/c1-16-9-11-20(12-10-16)31(28,29)25(3)17(2)15-19-13-14-26-22(24-19)21(23(27)30-26)18-7-5-4-6-8-18/h4-14,17H,15H2,1-3H3/t17-/m0/s1. The highest BCUT2D eigenvalue weighted by atomic mass is 32.2. The fraction of sp³-hybridized carbons (Fsp3) is 0.217. The number of hydrogen-bond acceptors (Lipinski definition) is 5. The molecular weight excluding hydrogens is 414 g/mol. The first-order valence-corrected chi connectivity index (χ1v) is 11.3. The van der Waals surface area contributed by atoms with Crippen LogP contribution in [0.2, 0.25) is 0 Å². The van der Waals surface area contributed by atoms with Gasteiger partial charge in [-0.2, -0.15) is 8.88 Å². The van der Waals surface area contributed by atoms with Crippen LogP contribution >= 0.6 is 0 Å². The molecular formula is C23H23N3O4S. The molecule has 2 heterocycles. The van der Waals surface area contributed by atoms with Gasteiger partial charge in [-0.25, -0.2) is 18.2 Å². The number of benzene rings is 2. The van der Waals surface area contributed by atoms with Gasteiger partial charge in [0.05, 0.1) is 4.90 Å². The van der Waals surface area contributed by atoms with Crippen molar-refractivity contribution in [2.24, 2.45) is 0 Å². The van der Waals surface area contributed by atoms with Crippen LogP contribution in [0.5, 0.6) is 0 Å². The number of nitrogens with zero attached hydrogens (tertiary/aromatic N) is 3. The summed E-state index contributed by atoms with van der Waals surface area (Å²) >= 11 is 0. The number of aromatic nitrogens is 2. The summed E-state index contributed by atoms with van der Waals surface area (Å²) < 4.78 is 33.9. The van der Waals surface area contributed by atoms with Gasteiger partial charge in [-0.3, -0.25) is 0 Å². The summed E-state index contributed by atoms with van der Waals surface area (Å²) in [4.78, 5) is 17.2. The van der Waals surface area contributed by atoms with Gasteiger partial charge < -0.3 is 4.52 Å². The molecule has 4 aromatic rings. The van der Waals surface area contributed by atoms with E-state index in [2.05, 4.69) is 4.98 Å². The van der Waals surface area contributed by atoms with Crippen LogP contribution in [0.15, 0.2) is 81.1 Å². The molecule has 160 valence electrons. The third-order valence-electron chi connectivity index (χ3n) is 5.36. The Morgan fingerprint density at radius 2 is 1.74 bits per heavy atom. The van der Waals surface area contributed by atoms with Crippen LogP contribution in [0, 0.1) is 6.92 Å². The van der Waals surface area contributed by atoms with Gasteiger partial charge in [-0.15, -0.1) is 0 Å². The first-order valence-electron chi connectivity index (χ1n) is 9.89. The van der Waals surface area contributed by atoms with Crippen LogP contribution in [0.25, 0.3) is 16.8 Å². The van der Waals surface area contributed by atoms with E-state index < -0.39 is 15.6 Å². The van der Waals surface area contributed by atoms with E-state index in [1.807, 2.05) is 44.2 Å². The van der Waals surface area contributed by atoms with Crippen molar-refractivity contribution in [1.29, 1.82) is 0 Å². The quantitative estimate of drug-likeness (QED) is 0.461. The van der Waals surface area contributed by atoms with Gasteiger partial charge >= 0.3 is 5.63 Å². The lowest BCUT2D eigenvalue weighted by Crippen LogP contribution is -2.36. The van der Waals surface area contributed by atoms with Gasteiger partial charge in [0.25, 0.3) is 0 Å². The molecule has 31 heavy (non-hydrogen) atoms. The summed E-state index contributed by atoms with van der Waals surface area (Å²) in [5, 5.41) is 0. The van der Waals surface area contributed by atoms with Crippen molar-refractivity contribution in [3.63, 3.8) is 0 Å². The van der Waals surface area contributed by atoms with Crippen molar-refractivity contribution in [3.05, 3.63) is 88.5 Å². The van der Waals surface area contributed by atoms with Crippen LogP contribution in [0.1, 0.15) is 18.2 Å². The minimum atomic E-state index is -3.63. The second-order valence-electron chi connectivity index (χ2n) is 7.58. The number of likely N-dealkylation sites (N-methyl/N-ethyl adjacent to an activating group) is 1. The fourth-order valence-corrected chi connectivity index (χ4v) is 4.78. The van der Waals surface area contributed by atoms with Crippen LogP contribution in [-0.4, -0.2) is 35.4 Å². The molecule has 0 amide bonds. The average molecular weight is 438 g/mol. The molecule has 0 fully saturated rings. The zero-order valence-corrected chi connectivity index (χ0v) is 18.3. The SMILES string of the molecule is Cc1ccc(S(=O)(=O)N(C)[C@@H](C)Cc2ccn3oc(=O)c(-c4ccccc4)c3n2)cc1. The summed E-state index contributed by atoms with van der Waals surface area (Å²) in [5.41, 5.74) is 2.70. The van der Waals surface area contributed by atoms with E-state index in [4.69, 9.17) is 4.52 Å². The molecule has 0 spiro atoms. The Balaban J connectivity index is 1.64. The van der Waals surface area contributed by atoms with Crippen molar-refractivity contribution >= 4 is 15.7 Å². The maximum Gasteiger partial charge on any atom is 0.368 e. The molecule has 0 unspecified atom stereocenters. The summed E-state index contributed by atoms with van der Waals surface area (Å²) in [6, 6.07) is 17.4. The lowest BCUT2D eigenvalue weighted by molar-refractivity contribution is 0.347. The van der Waals surface area contributed by atoms with E-state index in [-0.39, 0.29) is 10.9 Å². The van der Waals surface area contributed by atoms with E-state index >= 15 is 0 Å². The third kappa shape index (κ3) is 4.04. The highest BCUT2D eigenvalue weighted by molar-refractivity contribution is 7.89. The minimum Gasteiger partial charge on any atom is -0.329 e. The molecule has 2 aromatic heterocycles. The van der Waals surface area contributed by atoms with Crippen molar-refractivity contribution in [2.75, 3.05) is 7.05 Å². The van der Waals surface area contributed by atoms with Gasteiger partial charge in [0.15, 0.2) is 5.65 Å². The van der Waals surface area contributed by atoms with Gasteiger partial charge in [0.1, 0.15) is 5.56 Å². The predicted octanol–water partition coefficient (Wildman–Crippen LogP) is 3.51. The maximum atomic E-state index is 13.0. The molecule has 4 rings (SSSR count). The Kier molecular flexibility index (Phi) is 5.51. The molecule has 2 aromatic carbocycles. The lowest BCUT2D eigenvalue weighted by atomic mass is 10.1. The van der Waals surface area contributed by atoms with Gasteiger partial charge in [0, 0.05) is 31.4 Å². The second kappa shape index (κ2) is 8.13. The Hall–Kier alpha value is -3.23. The molecule has 0 aliphatic rings. The first-order chi connectivity index (χ1) is 14.8. The second-order valence-corrected chi connectivity index (χ2v) is 9.57. The molecule has 0 bridgehead atoms. The molecule has 1 atom stereocenters. The number of sulfonamides is 1. The fourth-order valence-electron chi connectivity index (χ4n) is 3.42. The van der Waals surface area contributed by atoms with Crippen LogP contribution < -0.4 is 5.63 Å². The van der Waals surface area contributed by atoms with E-state index in [1.165, 1.54) is 8.88 Å². The topological polar surface area (TPSA) is 84.9 Å². The summed E-state index contributed by atoms with van der Waals surface area (Å²) in [6.07, 6.45) is 2.01. The van der Waals surface area contributed by atoms with E-state index in [0.29, 0.717) is 23.3 Å². The van der Waals surface area contributed by atoms with Gasteiger partial charge in [-0.1, -0.05) is 48.0 Å². The summed E-state index contributed by atoms with van der Waals surface area (Å²) in [7, 11) is -2.07. The predicted molar refractivity (Wildman–Crippen MR) is 118 cm³/mol. The largest absolute Gasteiger partial charge is 0.368 e. The summed E-state index contributed by atoms with van der Waals surface area (Å²) in [6.45, 7) is 3.74. The number of fused-ring (bicyclic) bond motifs is 1. The third-order valence-corrected chi connectivity index (χ3v) is 7.34. The molecule has 0 aliphatic carbocycles. The number of hydrogen-bond donors (Lipinski definition) is 0. The van der Waals surface area contributed by atoms with Crippen LogP contribution in [0.4, 0.5) is 0 Å². The van der Waals surface area contributed by atoms with E-state index in [0.717, 1.165) is 11.1 Å². The number of aryl methyl sites for hydroxylation is 1. The van der Waals surface area contributed by atoms with Crippen LogP contribution in [0.3, 0.4) is 0 Å². The van der Waals surface area contributed by atoms with Crippen molar-refractivity contribution in [3.8, 4) is 11.1 Å². The van der Waals surface area contributed by atoms with E-state index in [9.17, 15) is 13.2 Å². The molecule has 0 saturated carbocycles. The summed E-state index contributed by atoms with van der Waals surface area (Å²) in [5.74, 6) is 0. The highest BCUT2D eigenvalue weighted by Gasteiger charge is 2.26. The lowest BCUT2D eigenvalue weighted by Gasteiger charge is -2.24. The van der Waals surface area contributed by atoms with Crippen molar-refractivity contribution in [2.45, 2.75) is 31.2 Å². The minimum absolute atomic E-state index is 0.253. The normalized spacial score (nSPS) is 13.0. The Morgan fingerprint density at radius 1 is 1.06 bits per heavy atom. The molecule has 0 saturated heterocycles. The highest BCUT2D eigenvalue weighted by Crippen LogP contribution is 2.22. The first kappa shape index (κ1) is 21.0. The molecule has 0 N–H and O–H groups in total. The molecule has 8 heteroatoms. The number of rotatable bonds is 6. The van der Waals surface area contributed by atoms with Crippen molar-refractivity contribution < 1.29 is 12.9 Å². The smallest absolute Gasteiger partial charge is 0.329 e. The molecule has 0 radical (unpaired) electrons. The zero-order chi connectivity index (χ0) is 22.2. The Morgan fingerprint density at radius 3 is 2.42 bits per heavy atom. The van der Waals surface area contributed by atoms with Crippen molar-refractivity contribution in [1.82, 2.24) is 13.9 Å². The maximum absolute atomic E-state index is 13.0. The van der Waals surface area contributed by atoms with Gasteiger partial charge in [-0.05, 0) is 37.6 Å². The Bertz CT molecular complexity index is 1370. The monoisotopic (exact) mass is 437 g/mol. The zero-order valence-electron chi connectivity index (χ0n) is 17.5. The Labute approximate surface area is 180 Å². The van der Waals surface area contributed by atoms with Crippen LogP contribution in [-0.2, 0) is 16.4 Å². The molecule has 7 nitrogen and oxygen atoms in total. The average Bonchev–Trinajstić information content (AvgIpc) is 3.09. The molecule has 0 aliphatic heterocycles. The van der Waals surface area contributed by atoms with E-state index in [1.54, 1.807) is 43.6 Å². The van der Waals surface area contributed by atoms with Gasteiger partial charge in [0.2, 0.25) is 10.0 Å².